The molecule has 3 rings (SSSR count). The van der Waals surface area contributed by atoms with E-state index in [1.807, 2.05) is 36.1 Å². The highest BCUT2D eigenvalue weighted by Gasteiger charge is 2.18. The Balaban J connectivity index is 1.86. The number of carbonyl (C=O) groups excluding carboxylic acids is 1. The fraction of sp³-hybridized carbons (Fsp3) is 0.381. The van der Waals surface area contributed by atoms with E-state index in [4.69, 9.17) is 4.74 Å². The van der Waals surface area contributed by atoms with E-state index in [2.05, 4.69) is 24.3 Å². The molecule has 1 aliphatic heterocycles. The van der Waals surface area contributed by atoms with Gasteiger partial charge in [-0.3, -0.25) is 4.79 Å². The summed E-state index contributed by atoms with van der Waals surface area (Å²) in [5.74, 6) is 0.151. The molecule has 1 saturated heterocycles. The monoisotopic (exact) mass is 323 g/mol. The van der Waals surface area contributed by atoms with Crippen LogP contribution in [-0.4, -0.2) is 31.0 Å². The fourth-order valence-electron chi connectivity index (χ4n) is 3.22. The zero-order chi connectivity index (χ0) is 16.9. The predicted octanol–water partition coefficient (Wildman–Crippen LogP) is 4.69. The number of likely N-dealkylation sites (tertiary alicyclic amines) is 1. The van der Waals surface area contributed by atoms with Crippen LogP contribution in [0.15, 0.2) is 48.5 Å². The van der Waals surface area contributed by atoms with Crippen LogP contribution >= 0.6 is 0 Å². The van der Waals surface area contributed by atoms with Gasteiger partial charge in [-0.2, -0.15) is 0 Å². The van der Waals surface area contributed by atoms with Crippen molar-refractivity contribution in [2.24, 2.45) is 0 Å². The van der Waals surface area contributed by atoms with Gasteiger partial charge in [-0.25, -0.2) is 0 Å². The average Bonchev–Trinajstić information content (AvgIpc) is 2.67. The van der Waals surface area contributed by atoms with E-state index >= 15 is 0 Å². The van der Waals surface area contributed by atoms with Gasteiger partial charge in [0.25, 0.3) is 5.91 Å². The SMILES string of the molecule is COC(C)c1cccc(-c2cccc(C(=O)N3CCCCC3)c2)c1. The first kappa shape index (κ1) is 16.7. The molecule has 3 nitrogen and oxygen atoms in total. The maximum atomic E-state index is 12.7. The van der Waals surface area contributed by atoms with Crippen LogP contribution in [0.3, 0.4) is 0 Å². The van der Waals surface area contributed by atoms with Gasteiger partial charge in [0.15, 0.2) is 0 Å². The molecule has 1 atom stereocenters. The molecular weight excluding hydrogens is 298 g/mol. The highest BCUT2D eigenvalue weighted by molar-refractivity contribution is 5.95. The van der Waals surface area contributed by atoms with E-state index in [-0.39, 0.29) is 12.0 Å². The number of hydrogen-bond donors (Lipinski definition) is 0. The maximum absolute atomic E-state index is 12.7. The van der Waals surface area contributed by atoms with Crippen molar-refractivity contribution in [3.05, 3.63) is 59.7 Å². The Labute approximate surface area is 144 Å². The molecule has 1 heterocycles. The third kappa shape index (κ3) is 3.68. The maximum Gasteiger partial charge on any atom is 0.253 e. The summed E-state index contributed by atoms with van der Waals surface area (Å²) in [5.41, 5.74) is 4.11. The number of hydrogen-bond acceptors (Lipinski definition) is 2. The highest BCUT2D eigenvalue weighted by Crippen LogP contribution is 2.26. The largest absolute Gasteiger partial charge is 0.377 e. The Morgan fingerprint density at radius 3 is 2.38 bits per heavy atom. The van der Waals surface area contributed by atoms with E-state index in [0.717, 1.165) is 48.2 Å². The van der Waals surface area contributed by atoms with E-state index in [0.29, 0.717) is 0 Å². The molecule has 0 N–H and O–H groups in total. The Morgan fingerprint density at radius 1 is 1.00 bits per heavy atom. The van der Waals surface area contributed by atoms with Crippen LogP contribution in [0.25, 0.3) is 11.1 Å². The molecule has 0 bridgehead atoms. The first-order valence-electron chi connectivity index (χ1n) is 8.71. The highest BCUT2D eigenvalue weighted by atomic mass is 16.5. The molecule has 1 aliphatic rings. The number of amides is 1. The lowest BCUT2D eigenvalue weighted by Crippen LogP contribution is -2.35. The van der Waals surface area contributed by atoms with E-state index in [1.165, 1.54) is 6.42 Å². The van der Waals surface area contributed by atoms with E-state index < -0.39 is 0 Å². The summed E-state index contributed by atoms with van der Waals surface area (Å²) >= 11 is 0. The van der Waals surface area contributed by atoms with Gasteiger partial charge in [0.1, 0.15) is 0 Å². The minimum atomic E-state index is 0.0584. The zero-order valence-corrected chi connectivity index (χ0v) is 14.5. The lowest BCUT2D eigenvalue weighted by Gasteiger charge is -2.26. The molecule has 24 heavy (non-hydrogen) atoms. The van der Waals surface area contributed by atoms with Crippen LogP contribution in [0, 0.1) is 0 Å². The second-order valence-electron chi connectivity index (χ2n) is 6.44. The minimum absolute atomic E-state index is 0.0584. The molecule has 0 aliphatic carbocycles. The Kier molecular flexibility index (Phi) is 5.31. The number of carbonyl (C=O) groups is 1. The Morgan fingerprint density at radius 2 is 1.67 bits per heavy atom. The van der Waals surface area contributed by atoms with Crippen molar-refractivity contribution in [3.63, 3.8) is 0 Å². The third-order valence-electron chi connectivity index (χ3n) is 4.80. The second-order valence-corrected chi connectivity index (χ2v) is 6.44. The van der Waals surface area contributed by atoms with Gasteiger partial charge in [0, 0.05) is 25.8 Å². The summed E-state index contributed by atoms with van der Waals surface area (Å²) in [6.45, 7) is 3.79. The van der Waals surface area contributed by atoms with Crippen LogP contribution in [0.5, 0.6) is 0 Å². The molecule has 1 amide bonds. The molecule has 1 unspecified atom stereocenters. The molecular formula is C21H25NO2. The number of piperidine rings is 1. The van der Waals surface area contributed by atoms with Crippen molar-refractivity contribution in [1.29, 1.82) is 0 Å². The second kappa shape index (κ2) is 7.63. The molecule has 0 spiro atoms. The van der Waals surface area contributed by atoms with Crippen molar-refractivity contribution in [2.75, 3.05) is 20.2 Å². The summed E-state index contributed by atoms with van der Waals surface area (Å²) < 4.78 is 5.41. The van der Waals surface area contributed by atoms with Crippen molar-refractivity contribution >= 4 is 5.91 Å². The quantitative estimate of drug-likeness (QED) is 0.817. The first-order valence-corrected chi connectivity index (χ1v) is 8.71. The summed E-state index contributed by atoms with van der Waals surface area (Å²) in [4.78, 5) is 14.7. The fourth-order valence-corrected chi connectivity index (χ4v) is 3.22. The number of ether oxygens (including phenoxy) is 1. The molecule has 126 valence electrons. The van der Waals surface area contributed by atoms with Gasteiger partial charge < -0.3 is 9.64 Å². The van der Waals surface area contributed by atoms with Gasteiger partial charge in [-0.15, -0.1) is 0 Å². The van der Waals surface area contributed by atoms with Crippen LogP contribution < -0.4 is 0 Å². The van der Waals surface area contributed by atoms with Crippen LogP contribution in [0.2, 0.25) is 0 Å². The lowest BCUT2D eigenvalue weighted by atomic mass is 9.99. The lowest BCUT2D eigenvalue weighted by molar-refractivity contribution is 0.0724. The zero-order valence-electron chi connectivity index (χ0n) is 14.5. The molecule has 2 aromatic rings. The predicted molar refractivity (Wildman–Crippen MR) is 97.1 cm³/mol. The topological polar surface area (TPSA) is 29.5 Å². The molecule has 1 fully saturated rings. The number of rotatable bonds is 4. The molecule has 0 radical (unpaired) electrons. The van der Waals surface area contributed by atoms with Crippen molar-refractivity contribution in [3.8, 4) is 11.1 Å². The summed E-state index contributed by atoms with van der Waals surface area (Å²) in [6.07, 6.45) is 3.52. The number of nitrogens with zero attached hydrogens (tertiary/aromatic N) is 1. The Hall–Kier alpha value is -2.13. The average molecular weight is 323 g/mol. The van der Waals surface area contributed by atoms with Crippen LogP contribution in [-0.2, 0) is 4.74 Å². The summed E-state index contributed by atoms with van der Waals surface area (Å²) in [7, 11) is 1.72. The first-order chi connectivity index (χ1) is 11.7. The molecule has 0 aromatic heterocycles. The van der Waals surface area contributed by atoms with Gasteiger partial charge >= 0.3 is 0 Å². The summed E-state index contributed by atoms with van der Waals surface area (Å²) in [5, 5.41) is 0. The summed E-state index contributed by atoms with van der Waals surface area (Å²) in [6, 6.07) is 16.3. The smallest absolute Gasteiger partial charge is 0.253 e. The number of methoxy groups -OCH3 is 1. The standard InChI is InChI=1S/C21H25NO2/c1-16(24-2)17-8-6-9-18(14-17)19-10-7-11-20(15-19)21(23)22-12-4-3-5-13-22/h6-11,14-16H,3-5,12-13H2,1-2H3. The van der Waals surface area contributed by atoms with Crippen molar-refractivity contribution < 1.29 is 9.53 Å². The van der Waals surface area contributed by atoms with Gasteiger partial charge in [-0.05, 0) is 61.1 Å². The van der Waals surface area contributed by atoms with Gasteiger partial charge in [0.05, 0.1) is 6.10 Å². The number of benzene rings is 2. The van der Waals surface area contributed by atoms with E-state index in [1.54, 1.807) is 7.11 Å². The van der Waals surface area contributed by atoms with Gasteiger partial charge in [0.2, 0.25) is 0 Å². The minimum Gasteiger partial charge on any atom is -0.377 e. The van der Waals surface area contributed by atoms with Crippen LogP contribution in [0.1, 0.15) is 48.2 Å². The van der Waals surface area contributed by atoms with E-state index in [9.17, 15) is 4.79 Å². The normalized spacial score (nSPS) is 16.0. The molecule has 2 aromatic carbocycles. The van der Waals surface area contributed by atoms with Crippen molar-refractivity contribution in [1.82, 2.24) is 4.90 Å². The molecule has 0 saturated carbocycles. The van der Waals surface area contributed by atoms with Crippen molar-refractivity contribution in [2.45, 2.75) is 32.3 Å². The van der Waals surface area contributed by atoms with Crippen LogP contribution in [0.4, 0.5) is 0 Å². The Bertz CT molecular complexity index is 704. The molecule has 3 heteroatoms. The third-order valence-corrected chi connectivity index (χ3v) is 4.80. The van der Waals surface area contributed by atoms with Gasteiger partial charge in [-0.1, -0.05) is 30.3 Å².